The lowest BCUT2D eigenvalue weighted by Crippen LogP contribution is -2.20. The zero-order valence-electron chi connectivity index (χ0n) is 10.8. The molecule has 0 spiro atoms. The topological polar surface area (TPSA) is 86.7 Å². The Balaban J connectivity index is 3.96. The van der Waals surface area contributed by atoms with Crippen LogP contribution in [-0.2, 0) is 28.9 Å². The fourth-order valence-corrected chi connectivity index (χ4v) is 2.62. The summed E-state index contributed by atoms with van der Waals surface area (Å²) in [4.78, 5) is 22.4. The maximum Gasteiger partial charge on any atom is 0.306 e. The Kier molecular flexibility index (Phi) is 8.57. The van der Waals surface area contributed by atoms with E-state index in [9.17, 15) is 18.0 Å². The molecule has 0 amide bonds. The molecule has 0 bridgehead atoms. The summed E-state index contributed by atoms with van der Waals surface area (Å²) in [6.45, 7) is 2.26. The summed E-state index contributed by atoms with van der Waals surface area (Å²) in [7, 11) is -1.91. The highest BCUT2D eigenvalue weighted by atomic mass is 32.2. The summed E-state index contributed by atoms with van der Waals surface area (Å²) in [6.07, 6.45) is 0.201. The summed E-state index contributed by atoms with van der Waals surface area (Å²) in [5.41, 5.74) is 0. The molecule has 0 unspecified atom stereocenters. The monoisotopic (exact) mass is 280 g/mol. The van der Waals surface area contributed by atoms with Gasteiger partial charge in [0.2, 0.25) is 0 Å². The van der Waals surface area contributed by atoms with E-state index in [1.165, 1.54) is 7.11 Å². The number of carbonyl (C=O) groups is 2. The second kappa shape index (κ2) is 9.04. The number of carbonyl (C=O) groups excluding carboxylic acids is 2. The van der Waals surface area contributed by atoms with Gasteiger partial charge in [-0.2, -0.15) is 0 Å². The molecule has 0 aliphatic carbocycles. The molecule has 0 aliphatic heterocycles. The van der Waals surface area contributed by atoms with Crippen molar-refractivity contribution in [2.75, 3.05) is 31.8 Å². The van der Waals surface area contributed by atoms with Crippen molar-refractivity contribution in [1.29, 1.82) is 0 Å². The second-order valence-electron chi connectivity index (χ2n) is 3.78. The van der Waals surface area contributed by atoms with Gasteiger partial charge in [0.15, 0.2) is 9.84 Å². The largest absolute Gasteiger partial charge is 0.466 e. The summed E-state index contributed by atoms with van der Waals surface area (Å²) >= 11 is 0. The molecule has 18 heavy (non-hydrogen) atoms. The molecule has 7 heteroatoms. The molecule has 0 heterocycles. The average Bonchev–Trinajstić information content (AvgIpc) is 2.26. The number of ether oxygens (including phenoxy) is 2. The molecule has 0 atom stereocenters. The first kappa shape index (κ1) is 17.1. The minimum absolute atomic E-state index is 0.0692. The van der Waals surface area contributed by atoms with E-state index in [1.807, 2.05) is 0 Å². The predicted octanol–water partition coefficient (Wildman–Crippen LogP) is 0.350. The number of esters is 1. The summed E-state index contributed by atoms with van der Waals surface area (Å²) < 4.78 is 32.4. The van der Waals surface area contributed by atoms with Crippen LogP contribution in [-0.4, -0.2) is 52.0 Å². The van der Waals surface area contributed by atoms with Crippen molar-refractivity contribution in [3.8, 4) is 0 Å². The molecule has 0 saturated heterocycles. The molecule has 0 aromatic carbocycles. The highest BCUT2D eigenvalue weighted by Gasteiger charge is 2.17. The first-order chi connectivity index (χ1) is 8.41. The zero-order valence-corrected chi connectivity index (χ0v) is 11.6. The van der Waals surface area contributed by atoms with E-state index in [0.29, 0.717) is 13.0 Å². The zero-order chi connectivity index (χ0) is 14.0. The Hall–Kier alpha value is -0.950. The molecule has 0 fully saturated rings. The van der Waals surface area contributed by atoms with Gasteiger partial charge in [-0.05, 0) is 13.3 Å². The molecular formula is C11H20O6S. The minimum Gasteiger partial charge on any atom is -0.466 e. The Morgan fingerprint density at radius 3 is 2.39 bits per heavy atom. The fourth-order valence-electron chi connectivity index (χ4n) is 1.29. The van der Waals surface area contributed by atoms with Crippen LogP contribution in [0, 0.1) is 0 Å². The summed E-state index contributed by atoms with van der Waals surface area (Å²) in [6, 6.07) is 0. The number of hydrogen-bond donors (Lipinski definition) is 0. The van der Waals surface area contributed by atoms with Crippen molar-refractivity contribution >= 4 is 21.6 Å². The number of hydrogen-bond acceptors (Lipinski definition) is 6. The molecule has 0 rings (SSSR count). The third kappa shape index (κ3) is 9.12. The number of rotatable bonds is 10. The van der Waals surface area contributed by atoms with Gasteiger partial charge in [0.25, 0.3) is 0 Å². The van der Waals surface area contributed by atoms with E-state index in [0.717, 1.165) is 0 Å². The number of Topliss-reactive ketones (excluding diaryl/α,β-unsaturated/α-hetero) is 1. The third-order valence-electron chi connectivity index (χ3n) is 2.10. The molecule has 0 saturated carbocycles. The van der Waals surface area contributed by atoms with E-state index >= 15 is 0 Å². The Morgan fingerprint density at radius 1 is 1.17 bits per heavy atom. The van der Waals surface area contributed by atoms with Gasteiger partial charge in [0.1, 0.15) is 11.5 Å². The number of ketones is 1. The van der Waals surface area contributed by atoms with Crippen LogP contribution >= 0.6 is 0 Å². The highest BCUT2D eigenvalue weighted by Crippen LogP contribution is 2.01. The van der Waals surface area contributed by atoms with Crippen LogP contribution in [0.25, 0.3) is 0 Å². The number of sulfone groups is 1. The lowest BCUT2D eigenvalue weighted by atomic mass is 10.2. The molecule has 6 nitrogen and oxygen atoms in total. The first-order valence-corrected chi connectivity index (χ1v) is 7.60. The molecule has 0 radical (unpaired) electrons. The highest BCUT2D eigenvalue weighted by molar-refractivity contribution is 7.92. The van der Waals surface area contributed by atoms with Crippen molar-refractivity contribution < 1.29 is 27.5 Å². The molecular weight excluding hydrogens is 260 g/mol. The standard InChI is InChI=1S/C11H20O6S/c1-3-17-11(13)6-5-10(12)9-18(14,15)8-4-7-16-2/h3-9H2,1-2H3. The van der Waals surface area contributed by atoms with Gasteiger partial charge >= 0.3 is 5.97 Å². The lowest BCUT2D eigenvalue weighted by molar-refractivity contribution is -0.144. The second-order valence-corrected chi connectivity index (χ2v) is 5.97. The van der Waals surface area contributed by atoms with Crippen LogP contribution in [0.15, 0.2) is 0 Å². The summed E-state index contributed by atoms with van der Waals surface area (Å²) in [5, 5.41) is 0. The van der Waals surface area contributed by atoms with Gasteiger partial charge in [-0.15, -0.1) is 0 Å². The number of methoxy groups -OCH3 is 1. The van der Waals surface area contributed by atoms with Gasteiger partial charge in [0, 0.05) is 20.1 Å². The average molecular weight is 280 g/mol. The van der Waals surface area contributed by atoms with Crippen LogP contribution < -0.4 is 0 Å². The van der Waals surface area contributed by atoms with Gasteiger partial charge in [-0.1, -0.05) is 0 Å². The van der Waals surface area contributed by atoms with E-state index in [1.54, 1.807) is 6.92 Å². The van der Waals surface area contributed by atoms with Gasteiger partial charge < -0.3 is 9.47 Å². The SMILES string of the molecule is CCOC(=O)CCC(=O)CS(=O)(=O)CCCOC. The lowest BCUT2D eigenvalue weighted by Gasteiger charge is -2.04. The van der Waals surface area contributed by atoms with E-state index < -0.39 is 27.3 Å². The first-order valence-electron chi connectivity index (χ1n) is 5.78. The molecule has 0 aliphatic rings. The van der Waals surface area contributed by atoms with E-state index in [4.69, 9.17) is 4.74 Å². The Bertz CT molecular complexity index is 360. The maximum absolute atomic E-state index is 11.5. The van der Waals surface area contributed by atoms with Crippen LogP contribution in [0.1, 0.15) is 26.2 Å². The van der Waals surface area contributed by atoms with Gasteiger partial charge in [-0.3, -0.25) is 9.59 Å². The van der Waals surface area contributed by atoms with Crippen LogP contribution in [0.3, 0.4) is 0 Å². The quantitative estimate of drug-likeness (QED) is 0.424. The fraction of sp³-hybridized carbons (Fsp3) is 0.818. The van der Waals surface area contributed by atoms with E-state index in [-0.39, 0.29) is 25.2 Å². The Morgan fingerprint density at radius 2 is 1.83 bits per heavy atom. The van der Waals surface area contributed by atoms with Gasteiger partial charge in [0.05, 0.1) is 18.8 Å². The molecule has 106 valence electrons. The van der Waals surface area contributed by atoms with Crippen molar-refractivity contribution in [3.05, 3.63) is 0 Å². The van der Waals surface area contributed by atoms with Crippen molar-refractivity contribution in [1.82, 2.24) is 0 Å². The van der Waals surface area contributed by atoms with E-state index in [2.05, 4.69) is 4.74 Å². The molecule has 0 aromatic rings. The molecule has 0 N–H and O–H groups in total. The summed E-state index contributed by atoms with van der Waals surface area (Å²) in [5.74, 6) is -1.54. The minimum atomic E-state index is -3.39. The Labute approximate surface area is 108 Å². The predicted molar refractivity (Wildman–Crippen MR) is 66.0 cm³/mol. The third-order valence-corrected chi connectivity index (χ3v) is 3.77. The van der Waals surface area contributed by atoms with Crippen molar-refractivity contribution in [2.45, 2.75) is 26.2 Å². The van der Waals surface area contributed by atoms with Crippen LogP contribution in [0.4, 0.5) is 0 Å². The maximum atomic E-state index is 11.5. The molecule has 0 aromatic heterocycles. The smallest absolute Gasteiger partial charge is 0.306 e. The van der Waals surface area contributed by atoms with Crippen molar-refractivity contribution in [3.63, 3.8) is 0 Å². The van der Waals surface area contributed by atoms with Crippen molar-refractivity contribution in [2.24, 2.45) is 0 Å². The van der Waals surface area contributed by atoms with Crippen LogP contribution in [0.2, 0.25) is 0 Å². The normalized spacial score (nSPS) is 11.2. The van der Waals surface area contributed by atoms with Gasteiger partial charge in [-0.25, -0.2) is 8.42 Å². The van der Waals surface area contributed by atoms with Crippen LogP contribution in [0.5, 0.6) is 0 Å².